The molecule has 2 atom stereocenters. The number of carbonyl (C=O) groups is 3. The summed E-state index contributed by atoms with van der Waals surface area (Å²) in [6.07, 6.45) is 6.13. The van der Waals surface area contributed by atoms with Crippen molar-refractivity contribution in [3.05, 3.63) is 12.2 Å². The van der Waals surface area contributed by atoms with E-state index in [9.17, 15) is 14.4 Å². The van der Waals surface area contributed by atoms with Gasteiger partial charge in [0.15, 0.2) is 0 Å². The molecule has 6 heteroatoms. The van der Waals surface area contributed by atoms with Gasteiger partial charge >= 0.3 is 5.97 Å². The average molecular weight is 254 g/mol. The van der Waals surface area contributed by atoms with Crippen LogP contribution in [0.25, 0.3) is 0 Å². The summed E-state index contributed by atoms with van der Waals surface area (Å²) in [7, 11) is 0. The van der Waals surface area contributed by atoms with E-state index in [1.165, 1.54) is 0 Å². The predicted molar refractivity (Wildman–Crippen MR) is 64.5 cm³/mol. The van der Waals surface area contributed by atoms with E-state index < -0.39 is 17.9 Å². The molecule has 0 aromatic carbocycles. The first-order valence-corrected chi connectivity index (χ1v) is 5.96. The van der Waals surface area contributed by atoms with Crippen LogP contribution in [0.15, 0.2) is 12.2 Å². The smallest absolute Gasteiger partial charge is 0.326 e. The monoisotopic (exact) mass is 254 g/mol. The van der Waals surface area contributed by atoms with Crippen molar-refractivity contribution in [1.82, 2.24) is 5.32 Å². The number of rotatable bonds is 7. The zero-order valence-electron chi connectivity index (χ0n) is 10.1. The molecule has 0 saturated heterocycles. The standard InChI is InChI=1S/C12H18N2O4/c13-10(15)6-5-9(12(17)18)14-11(16)7-8-3-1-2-4-8/h1,3,8-9H,2,4-7H2,(H2,13,15)(H,14,16)(H,17,18)/t8?,9-/m0/s1. The van der Waals surface area contributed by atoms with Crippen molar-refractivity contribution in [2.24, 2.45) is 11.7 Å². The summed E-state index contributed by atoms with van der Waals surface area (Å²) in [6, 6.07) is -1.05. The van der Waals surface area contributed by atoms with Gasteiger partial charge in [0.2, 0.25) is 11.8 Å². The highest BCUT2D eigenvalue weighted by Gasteiger charge is 2.22. The third-order valence-electron chi connectivity index (χ3n) is 2.87. The van der Waals surface area contributed by atoms with Crippen molar-refractivity contribution in [3.63, 3.8) is 0 Å². The second kappa shape index (κ2) is 6.78. The molecule has 1 unspecified atom stereocenters. The molecule has 1 aliphatic rings. The molecule has 0 saturated carbocycles. The third kappa shape index (κ3) is 4.99. The fraction of sp³-hybridized carbons (Fsp3) is 0.583. The minimum atomic E-state index is -1.15. The largest absolute Gasteiger partial charge is 0.480 e. The lowest BCUT2D eigenvalue weighted by Gasteiger charge is -2.15. The Morgan fingerprint density at radius 2 is 2.17 bits per heavy atom. The fourth-order valence-corrected chi connectivity index (χ4v) is 1.90. The number of nitrogens with two attached hydrogens (primary N) is 1. The van der Waals surface area contributed by atoms with Crippen LogP contribution in [0.3, 0.4) is 0 Å². The zero-order valence-corrected chi connectivity index (χ0v) is 10.1. The molecule has 4 N–H and O–H groups in total. The second-order valence-electron chi connectivity index (χ2n) is 4.43. The molecule has 0 aromatic rings. The molecule has 0 heterocycles. The van der Waals surface area contributed by atoms with Crippen LogP contribution in [0.1, 0.15) is 32.1 Å². The molecule has 0 aliphatic heterocycles. The number of primary amides is 1. The van der Waals surface area contributed by atoms with E-state index in [1.807, 2.05) is 12.2 Å². The SMILES string of the molecule is NC(=O)CC[C@H](NC(=O)CC1C=CCC1)C(=O)O. The maximum atomic E-state index is 11.6. The molecule has 1 aliphatic carbocycles. The Morgan fingerprint density at radius 3 is 2.67 bits per heavy atom. The highest BCUT2D eigenvalue weighted by molar-refractivity contribution is 5.84. The van der Waals surface area contributed by atoms with E-state index in [-0.39, 0.29) is 31.1 Å². The molecular formula is C12H18N2O4. The van der Waals surface area contributed by atoms with Crippen LogP contribution in [0.2, 0.25) is 0 Å². The molecule has 0 radical (unpaired) electrons. The van der Waals surface area contributed by atoms with Crippen molar-refractivity contribution in [3.8, 4) is 0 Å². The number of carboxylic acid groups (broad SMARTS) is 1. The van der Waals surface area contributed by atoms with E-state index in [0.717, 1.165) is 12.8 Å². The van der Waals surface area contributed by atoms with Gasteiger partial charge in [0.05, 0.1) is 0 Å². The predicted octanol–water partition coefficient (Wildman–Crippen LogP) is 0.178. The van der Waals surface area contributed by atoms with Gasteiger partial charge in [-0.3, -0.25) is 9.59 Å². The second-order valence-corrected chi connectivity index (χ2v) is 4.43. The van der Waals surface area contributed by atoms with E-state index in [1.54, 1.807) is 0 Å². The molecular weight excluding hydrogens is 236 g/mol. The first-order valence-electron chi connectivity index (χ1n) is 5.96. The van der Waals surface area contributed by atoms with Crippen LogP contribution < -0.4 is 11.1 Å². The summed E-state index contributed by atoms with van der Waals surface area (Å²) < 4.78 is 0. The van der Waals surface area contributed by atoms with Crippen LogP contribution in [0.5, 0.6) is 0 Å². The van der Waals surface area contributed by atoms with Crippen molar-refractivity contribution in [1.29, 1.82) is 0 Å². The van der Waals surface area contributed by atoms with E-state index in [2.05, 4.69) is 5.32 Å². The molecule has 0 spiro atoms. The van der Waals surface area contributed by atoms with Gasteiger partial charge in [-0.05, 0) is 25.2 Å². The minimum absolute atomic E-state index is 0.0247. The van der Waals surface area contributed by atoms with E-state index in [4.69, 9.17) is 10.8 Å². The molecule has 2 amide bonds. The number of amides is 2. The van der Waals surface area contributed by atoms with Crippen LogP contribution in [0, 0.1) is 5.92 Å². The summed E-state index contributed by atoms with van der Waals surface area (Å²) >= 11 is 0. The number of carbonyl (C=O) groups excluding carboxylic acids is 2. The molecule has 1 rings (SSSR count). The van der Waals surface area contributed by atoms with Crippen molar-refractivity contribution >= 4 is 17.8 Å². The number of hydrogen-bond acceptors (Lipinski definition) is 3. The minimum Gasteiger partial charge on any atom is -0.480 e. The Kier molecular flexibility index (Phi) is 5.35. The van der Waals surface area contributed by atoms with Gasteiger partial charge in [0, 0.05) is 12.8 Å². The Bertz CT molecular complexity index is 365. The quantitative estimate of drug-likeness (QED) is 0.563. The lowest BCUT2D eigenvalue weighted by Crippen LogP contribution is -2.41. The average Bonchev–Trinajstić information content (AvgIpc) is 2.76. The van der Waals surface area contributed by atoms with Gasteiger partial charge in [-0.1, -0.05) is 12.2 Å². The summed E-state index contributed by atoms with van der Waals surface area (Å²) in [4.78, 5) is 33.1. The van der Waals surface area contributed by atoms with E-state index in [0.29, 0.717) is 0 Å². The molecule has 0 aromatic heterocycles. The molecule has 0 bridgehead atoms. The van der Waals surface area contributed by atoms with Gasteiger partial charge in [0.25, 0.3) is 0 Å². The van der Waals surface area contributed by atoms with Crippen LogP contribution in [-0.4, -0.2) is 28.9 Å². The van der Waals surface area contributed by atoms with Gasteiger partial charge in [-0.2, -0.15) is 0 Å². The molecule has 18 heavy (non-hydrogen) atoms. The fourth-order valence-electron chi connectivity index (χ4n) is 1.90. The van der Waals surface area contributed by atoms with E-state index >= 15 is 0 Å². The topological polar surface area (TPSA) is 109 Å². The Morgan fingerprint density at radius 1 is 1.44 bits per heavy atom. The van der Waals surface area contributed by atoms with Crippen molar-refractivity contribution in [2.75, 3.05) is 0 Å². The number of aliphatic carboxylic acids is 1. The molecule has 100 valence electrons. The number of nitrogens with one attached hydrogen (secondary N) is 1. The highest BCUT2D eigenvalue weighted by Crippen LogP contribution is 2.20. The zero-order chi connectivity index (χ0) is 13.5. The highest BCUT2D eigenvalue weighted by atomic mass is 16.4. The summed E-state index contributed by atoms with van der Waals surface area (Å²) in [6.45, 7) is 0. The van der Waals surface area contributed by atoms with Gasteiger partial charge in [-0.15, -0.1) is 0 Å². The van der Waals surface area contributed by atoms with Crippen LogP contribution in [-0.2, 0) is 14.4 Å². The lowest BCUT2D eigenvalue weighted by molar-refractivity contribution is -0.142. The Hall–Kier alpha value is -1.85. The summed E-state index contributed by atoms with van der Waals surface area (Å²) in [5.74, 6) is -1.83. The maximum Gasteiger partial charge on any atom is 0.326 e. The van der Waals surface area contributed by atoms with Gasteiger partial charge in [-0.25, -0.2) is 4.79 Å². The van der Waals surface area contributed by atoms with Crippen LogP contribution >= 0.6 is 0 Å². The first kappa shape index (κ1) is 14.2. The normalized spacial score (nSPS) is 19.4. The van der Waals surface area contributed by atoms with Crippen molar-refractivity contribution < 1.29 is 19.5 Å². The first-order chi connectivity index (χ1) is 8.49. The van der Waals surface area contributed by atoms with Gasteiger partial charge in [0.1, 0.15) is 6.04 Å². The number of allylic oxidation sites excluding steroid dienone is 2. The molecule has 0 fully saturated rings. The maximum absolute atomic E-state index is 11.6. The van der Waals surface area contributed by atoms with Gasteiger partial charge < -0.3 is 16.2 Å². The van der Waals surface area contributed by atoms with Crippen molar-refractivity contribution in [2.45, 2.75) is 38.1 Å². The summed E-state index contributed by atoms with van der Waals surface area (Å²) in [5, 5.41) is 11.3. The summed E-state index contributed by atoms with van der Waals surface area (Å²) in [5.41, 5.74) is 4.95. The Balaban J connectivity index is 2.39. The molecule has 6 nitrogen and oxygen atoms in total. The number of hydrogen-bond donors (Lipinski definition) is 3. The van der Waals surface area contributed by atoms with Crippen LogP contribution in [0.4, 0.5) is 0 Å². The number of carboxylic acids is 1. The Labute approximate surface area is 105 Å². The third-order valence-corrected chi connectivity index (χ3v) is 2.87. The lowest BCUT2D eigenvalue weighted by atomic mass is 10.0.